The Bertz CT molecular complexity index is 800. The highest BCUT2D eigenvalue weighted by atomic mass is 19.1. The standard InChI is InChI=1S/C17H17F2NO5/c1-7-13(16(22)24-3)15(14(8(2)20-7)17(23)25-4)9-5-11(19)12(21)6-10(9)18/h5-6,13,15,21H,1-4H3. The van der Waals surface area contributed by atoms with Gasteiger partial charge in [0.1, 0.15) is 11.7 Å². The predicted molar refractivity (Wildman–Crippen MR) is 84.1 cm³/mol. The Labute approximate surface area is 142 Å². The predicted octanol–water partition coefficient (Wildman–Crippen LogP) is 2.46. The van der Waals surface area contributed by atoms with Crippen LogP contribution in [0.5, 0.6) is 5.75 Å². The summed E-state index contributed by atoms with van der Waals surface area (Å²) in [5.41, 5.74) is 0.157. The highest BCUT2D eigenvalue weighted by Gasteiger charge is 2.43. The first-order valence-corrected chi connectivity index (χ1v) is 7.32. The van der Waals surface area contributed by atoms with Crippen LogP contribution in [0.2, 0.25) is 0 Å². The number of rotatable bonds is 3. The van der Waals surface area contributed by atoms with Crippen LogP contribution in [0.4, 0.5) is 8.78 Å². The molecular weight excluding hydrogens is 336 g/mol. The van der Waals surface area contributed by atoms with E-state index < -0.39 is 41.2 Å². The molecule has 134 valence electrons. The highest BCUT2D eigenvalue weighted by molar-refractivity contribution is 6.06. The molecule has 6 nitrogen and oxygen atoms in total. The van der Waals surface area contributed by atoms with Crippen LogP contribution in [0.25, 0.3) is 0 Å². The first kappa shape index (κ1) is 18.6. The molecule has 0 radical (unpaired) electrons. The molecule has 2 atom stereocenters. The lowest BCUT2D eigenvalue weighted by Gasteiger charge is -2.31. The number of esters is 2. The molecular formula is C17H17F2NO5. The summed E-state index contributed by atoms with van der Waals surface area (Å²) in [6.45, 7) is 3.03. The van der Waals surface area contributed by atoms with E-state index in [9.17, 15) is 23.5 Å². The summed E-state index contributed by atoms with van der Waals surface area (Å²) in [5.74, 6) is -6.84. The zero-order valence-electron chi connectivity index (χ0n) is 14.1. The van der Waals surface area contributed by atoms with E-state index in [0.717, 1.165) is 20.3 Å². The van der Waals surface area contributed by atoms with Crippen LogP contribution in [0.15, 0.2) is 28.4 Å². The zero-order valence-corrected chi connectivity index (χ0v) is 14.1. The van der Waals surface area contributed by atoms with Crippen molar-refractivity contribution in [2.75, 3.05) is 14.2 Å². The van der Waals surface area contributed by atoms with Crippen LogP contribution in [-0.4, -0.2) is 37.0 Å². The third kappa shape index (κ3) is 3.24. The van der Waals surface area contributed by atoms with Crippen molar-refractivity contribution < 1.29 is 33.0 Å². The lowest BCUT2D eigenvalue weighted by atomic mass is 9.75. The van der Waals surface area contributed by atoms with Crippen LogP contribution in [0, 0.1) is 17.6 Å². The molecule has 8 heteroatoms. The van der Waals surface area contributed by atoms with Gasteiger partial charge in [-0.1, -0.05) is 0 Å². The van der Waals surface area contributed by atoms with Gasteiger partial charge in [0.25, 0.3) is 0 Å². The normalized spacial score (nSPS) is 20.2. The number of benzene rings is 1. The van der Waals surface area contributed by atoms with Crippen molar-refractivity contribution >= 4 is 17.7 Å². The maximum absolute atomic E-state index is 14.5. The van der Waals surface area contributed by atoms with E-state index in [1.54, 1.807) is 0 Å². The average molecular weight is 353 g/mol. The molecule has 1 N–H and O–H groups in total. The number of carbonyl (C=O) groups is 2. The van der Waals surface area contributed by atoms with Crippen molar-refractivity contribution in [3.8, 4) is 5.75 Å². The quantitative estimate of drug-likeness (QED) is 0.844. The first-order chi connectivity index (χ1) is 11.7. The molecule has 0 fully saturated rings. The van der Waals surface area contributed by atoms with E-state index >= 15 is 0 Å². The van der Waals surface area contributed by atoms with Gasteiger partial charge < -0.3 is 14.6 Å². The Morgan fingerprint density at radius 1 is 1.12 bits per heavy atom. The lowest BCUT2D eigenvalue weighted by molar-refractivity contribution is -0.143. The van der Waals surface area contributed by atoms with Crippen molar-refractivity contribution in [1.82, 2.24) is 0 Å². The van der Waals surface area contributed by atoms with Crippen LogP contribution in [-0.2, 0) is 19.1 Å². The molecule has 0 spiro atoms. The molecule has 1 aliphatic heterocycles. The summed E-state index contributed by atoms with van der Waals surface area (Å²) in [7, 11) is 2.27. The number of carbonyl (C=O) groups excluding carboxylic acids is 2. The second-order valence-electron chi connectivity index (χ2n) is 5.55. The number of halogens is 2. The van der Waals surface area contributed by atoms with Crippen LogP contribution in [0.3, 0.4) is 0 Å². The van der Waals surface area contributed by atoms with Crippen LogP contribution >= 0.6 is 0 Å². The number of phenolic OH excluding ortho intramolecular Hbond substituents is 1. The third-order valence-corrected chi connectivity index (χ3v) is 4.09. The molecule has 0 aromatic heterocycles. The van der Waals surface area contributed by atoms with Crippen molar-refractivity contribution in [3.63, 3.8) is 0 Å². The maximum atomic E-state index is 14.5. The number of aromatic hydroxyl groups is 1. The van der Waals surface area contributed by atoms with Crippen molar-refractivity contribution in [1.29, 1.82) is 0 Å². The smallest absolute Gasteiger partial charge is 0.336 e. The Balaban J connectivity index is 2.77. The van der Waals surface area contributed by atoms with Gasteiger partial charge in [0.15, 0.2) is 11.6 Å². The van der Waals surface area contributed by atoms with Crippen molar-refractivity contribution in [2.24, 2.45) is 10.9 Å². The van der Waals surface area contributed by atoms with E-state index in [1.165, 1.54) is 13.8 Å². The molecule has 0 amide bonds. The Morgan fingerprint density at radius 3 is 2.32 bits per heavy atom. The molecule has 1 aromatic rings. The summed E-state index contributed by atoms with van der Waals surface area (Å²) in [6, 6.07) is 1.34. The van der Waals surface area contributed by atoms with E-state index in [2.05, 4.69) is 4.99 Å². The number of hydrogen-bond donors (Lipinski definition) is 1. The number of methoxy groups -OCH3 is 2. The number of hydrogen-bond acceptors (Lipinski definition) is 6. The highest BCUT2D eigenvalue weighted by Crippen LogP contribution is 2.42. The monoisotopic (exact) mass is 353 g/mol. The van der Waals surface area contributed by atoms with E-state index in [0.29, 0.717) is 6.07 Å². The number of nitrogens with zero attached hydrogens (tertiary/aromatic N) is 1. The summed E-state index contributed by atoms with van der Waals surface area (Å²) < 4.78 is 37.8. The van der Waals surface area contributed by atoms with E-state index in [1.807, 2.05) is 0 Å². The third-order valence-electron chi connectivity index (χ3n) is 4.09. The minimum Gasteiger partial charge on any atom is -0.505 e. The summed E-state index contributed by atoms with van der Waals surface area (Å²) in [6.07, 6.45) is 0. The molecule has 0 bridgehead atoms. The molecule has 1 aromatic carbocycles. The fourth-order valence-corrected chi connectivity index (χ4v) is 2.97. The molecule has 1 aliphatic rings. The molecule has 2 rings (SSSR count). The molecule has 0 saturated heterocycles. The second kappa shape index (κ2) is 7.00. The van der Waals surface area contributed by atoms with Crippen LogP contribution < -0.4 is 0 Å². The zero-order chi connectivity index (χ0) is 18.9. The SMILES string of the molecule is COC(=O)C1=C(C)N=C(C)C(C(=O)OC)C1c1cc(F)c(O)cc1F. The number of ether oxygens (including phenoxy) is 2. The Hall–Kier alpha value is -2.77. The van der Waals surface area contributed by atoms with Gasteiger partial charge in [0, 0.05) is 29.0 Å². The van der Waals surface area contributed by atoms with Gasteiger partial charge in [0.05, 0.1) is 19.8 Å². The van der Waals surface area contributed by atoms with Crippen molar-refractivity contribution in [3.05, 3.63) is 40.6 Å². The largest absolute Gasteiger partial charge is 0.505 e. The topological polar surface area (TPSA) is 85.2 Å². The first-order valence-electron chi connectivity index (χ1n) is 7.32. The number of aliphatic imine (C=N–C) groups is 1. The average Bonchev–Trinajstić information content (AvgIpc) is 2.56. The van der Waals surface area contributed by atoms with Gasteiger partial charge in [0.2, 0.25) is 0 Å². The summed E-state index contributed by atoms with van der Waals surface area (Å²) in [4.78, 5) is 28.6. The molecule has 0 saturated carbocycles. The van der Waals surface area contributed by atoms with E-state index in [4.69, 9.17) is 9.47 Å². The van der Waals surface area contributed by atoms with Gasteiger partial charge in [-0.3, -0.25) is 9.79 Å². The summed E-state index contributed by atoms with van der Waals surface area (Å²) >= 11 is 0. The fraction of sp³-hybridized carbons (Fsp3) is 0.353. The number of phenols is 1. The molecule has 0 aliphatic carbocycles. The second-order valence-corrected chi connectivity index (χ2v) is 5.55. The van der Waals surface area contributed by atoms with Gasteiger partial charge >= 0.3 is 11.9 Å². The van der Waals surface area contributed by atoms with Gasteiger partial charge in [-0.05, 0) is 19.9 Å². The van der Waals surface area contributed by atoms with Gasteiger partial charge in [-0.15, -0.1) is 0 Å². The van der Waals surface area contributed by atoms with Gasteiger partial charge in [-0.25, -0.2) is 13.6 Å². The van der Waals surface area contributed by atoms with Crippen LogP contribution in [0.1, 0.15) is 25.3 Å². The van der Waals surface area contributed by atoms with Gasteiger partial charge in [-0.2, -0.15) is 0 Å². The molecule has 1 heterocycles. The van der Waals surface area contributed by atoms with E-state index in [-0.39, 0.29) is 22.5 Å². The van der Waals surface area contributed by atoms with Crippen molar-refractivity contribution in [2.45, 2.75) is 19.8 Å². The minimum atomic E-state index is -1.20. The number of allylic oxidation sites excluding steroid dienone is 1. The molecule has 25 heavy (non-hydrogen) atoms. The maximum Gasteiger partial charge on any atom is 0.336 e. The Morgan fingerprint density at radius 2 is 1.76 bits per heavy atom. The Kier molecular flexibility index (Phi) is 5.20. The fourth-order valence-electron chi connectivity index (χ4n) is 2.97. The summed E-state index contributed by atoms with van der Waals surface area (Å²) in [5, 5.41) is 9.34. The lowest BCUT2D eigenvalue weighted by Crippen LogP contribution is -2.36. The minimum absolute atomic E-state index is 0.0764. The molecule has 2 unspecified atom stereocenters.